The topological polar surface area (TPSA) is 99.1 Å². The third-order valence-corrected chi connectivity index (χ3v) is 6.31. The number of aromatic amines is 1. The maximum atomic E-state index is 11.7. The van der Waals surface area contributed by atoms with Crippen LogP contribution in [0.25, 0.3) is 11.3 Å². The number of aromatic nitrogens is 2. The van der Waals surface area contributed by atoms with Crippen LogP contribution in [0.3, 0.4) is 0 Å². The highest BCUT2D eigenvalue weighted by atomic mass is 32.2. The number of imidazole rings is 1. The van der Waals surface area contributed by atoms with Gasteiger partial charge in [-0.25, -0.2) is 13.4 Å². The van der Waals surface area contributed by atoms with Crippen molar-refractivity contribution in [2.45, 2.75) is 17.5 Å². The van der Waals surface area contributed by atoms with E-state index in [1.165, 1.54) is 6.26 Å². The molecule has 30 heavy (non-hydrogen) atoms. The minimum absolute atomic E-state index is 0.0338. The Morgan fingerprint density at radius 1 is 1.27 bits per heavy atom. The fourth-order valence-electron chi connectivity index (χ4n) is 3.59. The van der Waals surface area contributed by atoms with E-state index in [4.69, 9.17) is 10.00 Å². The van der Waals surface area contributed by atoms with Gasteiger partial charge in [-0.05, 0) is 35.4 Å². The van der Waals surface area contributed by atoms with E-state index in [-0.39, 0.29) is 10.9 Å². The molecule has 2 heterocycles. The van der Waals surface area contributed by atoms with Crippen LogP contribution < -0.4 is 0 Å². The van der Waals surface area contributed by atoms with Crippen LogP contribution in [0.1, 0.15) is 23.0 Å². The van der Waals surface area contributed by atoms with Crippen LogP contribution in [0, 0.1) is 11.3 Å². The number of hydrogen-bond donors (Lipinski definition) is 1. The largest absolute Gasteiger partial charge is 0.378 e. The van der Waals surface area contributed by atoms with Crippen LogP contribution in [-0.4, -0.2) is 49.3 Å². The van der Waals surface area contributed by atoms with E-state index >= 15 is 0 Å². The van der Waals surface area contributed by atoms with Crippen molar-refractivity contribution < 1.29 is 13.2 Å². The summed E-state index contributed by atoms with van der Waals surface area (Å²) in [4.78, 5) is 10.5. The summed E-state index contributed by atoms with van der Waals surface area (Å²) >= 11 is 0. The Morgan fingerprint density at radius 2 is 2.07 bits per heavy atom. The molecular formula is C22H22N4O3S. The number of benzene rings is 2. The number of nitrogens with zero attached hydrogens (tertiary/aromatic N) is 3. The molecule has 1 fully saturated rings. The summed E-state index contributed by atoms with van der Waals surface area (Å²) in [5.74, 6) is 0.799. The molecule has 1 atom stereocenters. The number of rotatable bonds is 5. The molecule has 1 aliphatic heterocycles. The molecule has 3 aromatic rings. The molecule has 8 heteroatoms. The molecule has 1 N–H and O–H groups in total. The van der Waals surface area contributed by atoms with Gasteiger partial charge in [0.2, 0.25) is 0 Å². The van der Waals surface area contributed by atoms with E-state index in [0.717, 1.165) is 29.2 Å². The lowest BCUT2D eigenvalue weighted by Crippen LogP contribution is -2.39. The van der Waals surface area contributed by atoms with E-state index in [1.807, 2.05) is 18.2 Å². The zero-order valence-corrected chi connectivity index (χ0v) is 17.4. The van der Waals surface area contributed by atoms with Crippen molar-refractivity contribution in [3.63, 3.8) is 0 Å². The lowest BCUT2D eigenvalue weighted by atomic mass is 10.1. The lowest BCUT2D eigenvalue weighted by Gasteiger charge is -2.34. The van der Waals surface area contributed by atoms with E-state index in [2.05, 4.69) is 20.9 Å². The summed E-state index contributed by atoms with van der Waals surface area (Å²) in [6.07, 6.45) is 2.95. The van der Waals surface area contributed by atoms with Crippen molar-refractivity contribution in [1.82, 2.24) is 14.9 Å². The average Bonchev–Trinajstić information content (AvgIpc) is 3.24. The monoisotopic (exact) mass is 422 g/mol. The number of ether oxygens (including phenoxy) is 1. The third kappa shape index (κ3) is 4.44. The van der Waals surface area contributed by atoms with Crippen molar-refractivity contribution in [2.75, 3.05) is 26.0 Å². The smallest absolute Gasteiger partial charge is 0.175 e. The van der Waals surface area contributed by atoms with E-state index < -0.39 is 9.84 Å². The van der Waals surface area contributed by atoms with E-state index in [9.17, 15) is 8.42 Å². The zero-order chi connectivity index (χ0) is 21.1. The van der Waals surface area contributed by atoms with Crippen molar-refractivity contribution in [1.29, 1.82) is 5.26 Å². The van der Waals surface area contributed by atoms with Crippen LogP contribution in [0.15, 0.2) is 59.6 Å². The van der Waals surface area contributed by atoms with Gasteiger partial charge in [-0.2, -0.15) is 5.26 Å². The number of morpholine rings is 1. The molecule has 2 aromatic carbocycles. The molecule has 7 nitrogen and oxygen atoms in total. The Kier molecular flexibility index (Phi) is 5.68. The average molecular weight is 423 g/mol. The minimum Gasteiger partial charge on any atom is -0.378 e. The van der Waals surface area contributed by atoms with Crippen LogP contribution >= 0.6 is 0 Å². The van der Waals surface area contributed by atoms with E-state index in [1.54, 1.807) is 36.5 Å². The van der Waals surface area contributed by atoms with E-state index in [0.29, 0.717) is 25.3 Å². The molecule has 0 spiro atoms. The summed E-state index contributed by atoms with van der Waals surface area (Å²) in [6, 6.07) is 16.5. The lowest BCUT2D eigenvalue weighted by molar-refractivity contribution is -0.0156. The summed E-state index contributed by atoms with van der Waals surface area (Å²) < 4.78 is 29.0. The molecule has 0 amide bonds. The van der Waals surface area contributed by atoms with Gasteiger partial charge in [-0.1, -0.05) is 24.3 Å². The highest BCUT2D eigenvalue weighted by molar-refractivity contribution is 7.90. The number of H-pyrrole nitrogens is 1. The molecular weight excluding hydrogens is 400 g/mol. The van der Waals surface area contributed by atoms with Crippen LogP contribution in [0.2, 0.25) is 0 Å². The second-order valence-electron chi connectivity index (χ2n) is 7.35. The number of nitrogens with one attached hydrogen (secondary N) is 1. The Bertz CT molecular complexity index is 1180. The molecule has 1 aliphatic rings. The maximum absolute atomic E-state index is 11.7. The molecule has 154 valence electrons. The third-order valence-electron chi connectivity index (χ3n) is 5.19. The second-order valence-corrected chi connectivity index (χ2v) is 9.37. The van der Waals surface area contributed by atoms with Gasteiger partial charge in [0.25, 0.3) is 0 Å². The van der Waals surface area contributed by atoms with Crippen LogP contribution in [-0.2, 0) is 21.1 Å². The van der Waals surface area contributed by atoms with Gasteiger partial charge >= 0.3 is 0 Å². The predicted octanol–water partition coefficient (Wildman–Crippen LogP) is 2.93. The highest BCUT2D eigenvalue weighted by Gasteiger charge is 2.27. The zero-order valence-electron chi connectivity index (χ0n) is 16.6. The number of hydrogen-bond acceptors (Lipinski definition) is 6. The molecule has 0 aliphatic carbocycles. The first-order valence-corrected chi connectivity index (χ1v) is 11.5. The standard InChI is InChI=1S/C22H22N4O3S/c1-30(27,28)19-7-5-18(6-8-19)20-13-24-22(25-20)21-15-29-10-9-26(21)14-17-4-2-3-16(11-17)12-23/h2-8,11,13,21H,9-10,14-15H2,1H3,(H,24,25). The summed E-state index contributed by atoms with van der Waals surface area (Å²) in [5.41, 5.74) is 3.41. The molecule has 1 saturated heterocycles. The Morgan fingerprint density at radius 3 is 2.80 bits per heavy atom. The Labute approximate surface area is 175 Å². The molecule has 0 radical (unpaired) electrons. The first-order valence-electron chi connectivity index (χ1n) is 9.60. The number of nitriles is 1. The van der Waals surface area contributed by atoms with Crippen LogP contribution in [0.4, 0.5) is 0 Å². The molecule has 0 saturated carbocycles. The van der Waals surface area contributed by atoms with Crippen LogP contribution in [0.5, 0.6) is 0 Å². The maximum Gasteiger partial charge on any atom is 0.175 e. The van der Waals surface area contributed by atoms with Gasteiger partial charge in [0.05, 0.1) is 47.7 Å². The Hall–Kier alpha value is -2.99. The fourth-order valence-corrected chi connectivity index (χ4v) is 4.22. The van der Waals surface area contributed by atoms with Crippen molar-refractivity contribution in [2.24, 2.45) is 0 Å². The summed E-state index contributed by atoms with van der Waals surface area (Å²) in [5, 5.41) is 9.14. The fraction of sp³-hybridized carbons (Fsp3) is 0.273. The second kappa shape index (κ2) is 8.40. The van der Waals surface area contributed by atoms with Gasteiger partial charge < -0.3 is 9.72 Å². The summed E-state index contributed by atoms with van der Waals surface area (Å²) in [7, 11) is -3.22. The molecule has 0 bridgehead atoms. The van der Waals surface area contributed by atoms with Gasteiger partial charge in [-0.15, -0.1) is 0 Å². The predicted molar refractivity (Wildman–Crippen MR) is 112 cm³/mol. The Balaban J connectivity index is 1.55. The molecule has 4 rings (SSSR count). The number of sulfone groups is 1. The quantitative estimate of drug-likeness (QED) is 0.679. The van der Waals surface area contributed by atoms with Crippen molar-refractivity contribution in [3.8, 4) is 17.3 Å². The van der Waals surface area contributed by atoms with Gasteiger partial charge in [0, 0.05) is 19.3 Å². The van der Waals surface area contributed by atoms with Crippen molar-refractivity contribution in [3.05, 3.63) is 71.7 Å². The van der Waals surface area contributed by atoms with Gasteiger partial charge in [-0.3, -0.25) is 4.90 Å². The van der Waals surface area contributed by atoms with Gasteiger partial charge in [0.1, 0.15) is 5.82 Å². The summed E-state index contributed by atoms with van der Waals surface area (Å²) in [6.45, 7) is 2.63. The van der Waals surface area contributed by atoms with Crippen molar-refractivity contribution >= 4 is 9.84 Å². The first kappa shape index (κ1) is 20.3. The normalized spacial score (nSPS) is 17.5. The molecule has 1 unspecified atom stereocenters. The minimum atomic E-state index is -3.22. The first-order chi connectivity index (χ1) is 14.4. The highest BCUT2D eigenvalue weighted by Crippen LogP contribution is 2.27. The molecule has 1 aromatic heterocycles. The van der Waals surface area contributed by atoms with Gasteiger partial charge in [0.15, 0.2) is 9.84 Å². The SMILES string of the molecule is CS(=O)(=O)c1ccc(-c2cnc(C3COCCN3Cc3cccc(C#N)c3)[nH]2)cc1.